The zero-order valence-electron chi connectivity index (χ0n) is 14.5. The Bertz CT molecular complexity index is 840. The highest BCUT2D eigenvalue weighted by atomic mass is 79.9. The average molecular weight is 419 g/mol. The van der Waals surface area contributed by atoms with E-state index in [1.54, 1.807) is 37.3 Å². The molecule has 26 heavy (non-hydrogen) atoms. The highest BCUT2D eigenvalue weighted by Gasteiger charge is 2.36. The zero-order chi connectivity index (χ0) is 18.7. The predicted molar refractivity (Wildman–Crippen MR) is 103 cm³/mol. The number of rotatable bonds is 5. The molecule has 3 rings (SSSR count). The summed E-state index contributed by atoms with van der Waals surface area (Å²) in [4.78, 5) is 26.7. The molecule has 136 valence electrons. The second kappa shape index (κ2) is 7.78. The van der Waals surface area contributed by atoms with Crippen molar-refractivity contribution in [3.8, 4) is 11.5 Å². The fourth-order valence-corrected chi connectivity index (χ4v) is 3.31. The molecule has 0 radical (unpaired) electrons. The van der Waals surface area contributed by atoms with Gasteiger partial charge in [0.2, 0.25) is 11.8 Å². The predicted octanol–water partition coefficient (Wildman–Crippen LogP) is 3.46. The SMILES string of the molecule is COc1ccc(OC)c(N2CC(C(=O)Nc3ccccc3Br)CC2=O)c1. The smallest absolute Gasteiger partial charge is 0.229 e. The van der Waals surface area contributed by atoms with Crippen molar-refractivity contribution in [1.29, 1.82) is 0 Å². The first-order chi connectivity index (χ1) is 12.5. The van der Waals surface area contributed by atoms with Crippen LogP contribution in [0.5, 0.6) is 11.5 Å². The van der Waals surface area contributed by atoms with E-state index in [4.69, 9.17) is 9.47 Å². The van der Waals surface area contributed by atoms with Crippen LogP contribution in [0.1, 0.15) is 6.42 Å². The molecular formula is C19H19BrN2O4. The largest absolute Gasteiger partial charge is 0.497 e. The van der Waals surface area contributed by atoms with Crippen molar-refractivity contribution in [1.82, 2.24) is 0 Å². The second-order valence-corrected chi connectivity index (χ2v) is 6.77. The molecule has 1 fully saturated rings. The van der Waals surface area contributed by atoms with Gasteiger partial charge in [-0.25, -0.2) is 0 Å². The number of carbonyl (C=O) groups excluding carboxylic acids is 2. The molecule has 0 bridgehead atoms. The molecule has 2 aromatic carbocycles. The van der Waals surface area contributed by atoms with Gasteiger partial charge in [0.05, 0.1) is 31.5 Å². The summed E-state index contributed by atoms with van der Waals surface area (Å²) >= 11 is 3.41. The van der Waals surface area contributed by atoms with E-state index in [-0.39, 0.29) is 18.2 Å². The molecule has 1 N–H and O–H groups in total. The quantitative estimate of drug-likeness (QED) is 0.806. The maximum absolute atomic E-state index is 12.6. The van der Waals surface area contributed by atoms with Gasteiger partial charge < -0.3 is 19.7 Å². The number of benzene rings is 2. The van der Waals surface area contributed by atoms with Crippen LogP contribution in [0, 0.1) is 5.92 Å². The van der Waals surface area contributed by atoms with Crippen LogP contribution in [0.3, 0.4) is 0 Å². The van der Waals surface area contributed by atoms with Crippen LogP contribution in [0.25, 0.3) is 0 Å². The summed E-state index contributed by atoms with van der Waals surface area (Å²) in [5, 5.41) is 2.88. The fourth-order valence-electron chi connectivity index (χ4n) is 2.92. The molecule has 1 atom stereocenters. The number of nitrogens with one attached hydrogen (secondary N) is 1. The molecule has 1 aliphatic rings. The summed E-state index contributed by atoms with van der Waals surface area (Å²) < 4.78 is 11.4. The van der Waals surface area contributed by atoms with Gasteiger partial charge in [-0.3, -0.25) is 9.59 Å². The van der Waals surface area contributed by atoms with Gasteiger partial charge in [0.1, 0.15) is 11.5 Å². The summed E-state index contributed by atoms with van der Waals surface area (Å²) in [6.07, 6.45) is 0.149. The van der Waals surface area contributed by atoms with E-state index in [0.29, 0.717) is 29.4 Å². The average Bonchev–Trinajstić information content (AvgIpc) is 3.04. The Morgan fingerprint density at radius 1 is 1.19 bits per heavy atom. The van der Waals surface area contributed by atoms with E-state index in [1.165, 1.54) is 0 Å². The van der Waals surface area contributed by atoms with Gasteiger partial charge in [-0.1, -0.05) is 12.1 Å². The summed E-state index contributed by atoms with van der Waals surface area (Å²) in [6.45, 7) is 0.290. The third-order valence-corrected chi connectivity index (χ3v) is 5.00. The summed E-state index contributed by atoms with van der Waals surface area (Å²) in [5.41, 5.74) is 1.29. The van der Waals surface area contributed by atoms with Gasteiger partial charge in [-0.05, 0) is 40.2 Å². The van der Waals surface area contributed by atoms with Gasteiger partial charge in [0.25, 0.3) is 0 Å². The monoisotopic (exact) mass is 418 g/mol. The number of halogens is 1. The third-order valence-electron chi connectivity index (χ3n) is 4.30. The van der Waals surface area contributed by atoms with Crippen molar-refractivity contribution in [2.75, 3.05) is 31.0 Å². The Kier molecular flexibility index (Phi) is 5.46. The second-order valence-electron chi connectivity index (χ2n) is 5.91. The van der Waals surface area contributed by atoms with Crippen LogP contribution < -0.4 is 19.7 Å². The Hall–Kier alpha value is -2.54. The maximum atomic E-state index is 12.6. The number of nitrogens with zero attached hydrogens (tertiary/aromatic N) is 1. The topological polar surface area (TPSA) is 67.9 Å². The van der Waals surface area contributed by atoms with Gasteiger partial charge in [0.15, 0.2) is 0 Å². The first kappa shape index (κ1) is 18.3. The molecule has 2 aromatic rings. The summed E-state index contributed by atoms with van der Waals surface area (Å²) in [6, 6.07) is 12.6. The fraction of sp³-hybridized carbons (Fsp3) is 0.263. The van der Waals surface area contributed by atoms with Crippen LogP contribution in [0.15, 0.2) is 46.9 Å². The molecule has 0 aromatic heterocycles. The van der Waals surface area contributed by atoms with E-state index in [1.807, 2.05) is 24.3 Å². The van der Waals surface area contributed by atoms with E-state index in [0.717, 1.165) is 4.47 Å². The van der Waals surface area contributed by atoms with Crippen LogP contribution in [0.2, 0.25) is 0 Å². The lowest BCUT2D eigenvalue weighted by molar-refractivity contribution is -0.122. The molecule has 7 heteroatoms. The number of amides is 2. The number of anilines is 2. The van der Waals surface area contributed by atoms with E-state index >= 15 is 0 Å². The summed E-state index contributed by atoms with van der Waals surface area (Å²) in [7, 11) is 3.11. The van der Waals surface area contributed by atoms with E-state index in [9.17, 15) is 9.59 Å². The van der Waals surface area contributed by atoms with E-state index < -0.39 is 5.92 Å². The van der Waals surface area contributed by atoms with Gasteiger partial charge in [-0.15, -0.1) is 0 Å². The minimum Gasteiger partial charge on any atom is -0.497 e. The first-order valence-corrected chi connectivity index (χ1v) is 8.90. The number of methoxy groups -OCH3 is 2. The minimum absolute atomic E-state index is 0.121. The number of carbonyl (C=O) groups is 2. The Morgan fingerprint density at radius 3 is 2.65 bits per heavy atom. The van der Waals surface area contributed by atoms with Crippen molar-refractivity contribution in [2.45, 2.75) is 6.42 Å². The van der Waals surface area contributed by atoms with Gasteiger partial charge in [-0.2, -0.15) is 0 Å². The lowest BCUT2D eigenvalue weighted by Gasteiger charge is -2.20. The molecular weight excluding hydrogens is 400 g/mol. The van der Waals surface area contributed by atoms with Crippen LogP contribution in [-0.2, 0) is 9.59 Å². The van der Waals surface area contributed by atoms with Gasteiger partial charge >= 0.3 is 0 Å². The number of ether oxygens (including phenoxy) is 2. The number of hydrogen-bond acceptors (Lipinski definition) is 4. The molecule has 0 spiro atoms. The molecule has 6 nitrogen and oxygen atoms in total. The maximum Gasteiger partial charge on any atom is 0.229 e. The molecule has 0 saturated carbocycles. The summed E-state index contributed by atoms with van der Waals surface area (Å²) in [5.74, 6) is 0.435. The Labute approximate surface area is 160 Å². The highest BCUT2D eigenvalue weighted by Crippen LogP contribution is 2.36. The van der Waals surface area contributed by atoms with Crippen LogP contribution in [-0.4, -0.2) is 32.6 Å². The number of para-hydroxylation sites is 1. The van der Waals surface area contributed by atoms with Crippen molar-refractivity contribution in [3.05, 3.63) is 46.9 Å². The van der Waals surface area contributed by atoms with Crippen molar-refractivity contribution in [3.63, 3.8) is 0 Å². The van der Waals surface area contributed by atoms with Crippen molar-refractivity contribution < 1.29 is 19.1 Å². The molecule has 2 amide bonds. The molecule has 1 unspecified atom stereocenters. The van der Waals surface area contributed by atoms with Crippen LogP contribution >= 0.6 is 15.9 Å². The third kappa shape index (κ3) is 3.67. The number of hydrogen-bond donors (Lipinski definition) is 1. The van der Waals surface area contributed by atoms with Crippen LogP contribution in [0.4, 0.5) is 11.4 Å². The zero-order valence-corrected chi connectivity index (χ0v) is 16.1. The molecule has 1 saturated heterocycles. The molecule has 1 heterocycles. The van der Waals surface area contributed by atoms with E-state index in [2.05, 4.69) is 21.2 Å². The lowest BCUT2D eigenvalue weighted by atomic mass is 10.1. The lowest BCUT2D eigenvalue weighted by Crippen LogP contribution is -2.28. The highest BCUT2D eigenvalue weighted by molar-refractivity contribution is 9.10. The Morgan fingerprint density at radius 2 is 1.96 bits per heavy atom. The normalized spacial score (nSPS) is 16.5. The van der Waals surface area contributed by atoms with Gasteiger partial charge in [0, 0.05) is 23.5 Å². The minimum atomic E-state index is -0.439. The first-order valence-electron chi connectivity index (χ1n) is 8.11. The van der Waals surface area contributed by atoms with Crippen molar-refractivity contribution >= 4 is 39.1 Å². The van der Waals surface area contributed by atoms with Crippen molar-refractivity contribution in [2.24, 2.45) is 5.92 Å². The Balaban J connectivity index is 1.79. The standard InChI is InChI=1S/C19H19BrN2O4/c1-25-13-7-8-17(26-2)16(10-13)22-11-12(9-18(22)23)19(24)21-15-6-4-3-5-14(15)20/h3-8,10,12H,9,11H2,1-2H3,(H,21,24). The molecule has 0 aliphatic carbocycles. The molecule has 1 aliphatic heterocycles.